The van der Waals surface area contributed by atoms with Crippen LogP contribution < -0.4 is 0 Å². The minimum absolute atomic E-state index is 0.133. The fourth-order valence-electron chi connectivity index (χ4n) is 1.47. The predicted molar refractivity (Wildman–Crippen MR) is 75.2 cm³/mol. The van der Waals surface area contributed by atoms with E-state index in [2.05, 4.69) is 6.92 Å². The van der Waals surface area contributed by atoms with Crippen LogP contribution in [0.5, 0.6) is 0 Å². The Morgan fingerprint density at radius 2 is 1.94 bits per heavy atom. The molecule has 0 saturated carbocycles. The third-order valence-electron chi connectivity index (χ3n) is 2.47. The van der Waals surface area contributed by atoms with E-state index in [1.54, 1.807) is 23.5 Å². The van der Waals surface area contributed by atoms with Gasteiger partial charge in [0.25, 0.3) is 0 Å². The van der Waals surface area contributed by atoms with Crippen LogP contribution in [0.2, 0.25) is 0 Å². The van der Waals surface area contributed by atoms with E-state index in [1.807, 2.05) is 12.1 Å². The van der Waals surface area contributed by atoms with E-state index in [1.165, 1.54) is 28.8 Å². The number of carbonyl (C=O) groups excluding carboxylic acids is 1. The van der Waals surface area contributed by atoms with Gasteiger partial charge in [-0.1, -0.05) is 6.92 Å². The number of ketones is 1. The zero-order valence-corrected chi connectivity index (χ0v) is 11.6. The van der Waals surface area contributed by atoms with Gasteiger partial charge in [-0.3, -0.25) is 4.79 Å². The molecule has 18 heavy (non-hydrogen) atoms. The summed E-state index contributed by atoms with van der Waals surface area (Å²) in [6.07, 6.45) is 0.961. The van der Waals surface area contributed by atoms with Crippen molar-refractivity contribution in [3.63, 3.8) is 0 Å². The van der Waals surface area contributed by atoms with E-state index in [-0.39, 0.29) is 11.6 Å². The lowest BCUT2D eigenvalue weighted by atomic mass is 10.3. The lowest BCUT2D eigenvalue weighted by Crippen LogP contribution is -1.98. The smallest absolute Gasteiger partial charge is 0.182 e. The van der Waals surface area contributed by atoms with E-state index >= 15 is 0 Å². The third kappa shape index (κ3) is 3.43. The van der Waals surface area contributed by atoms with Crippen LogP contribution in [0.3, 0.4) is 0 Å². The van der Waals surface area contributed by atoms with Crippen molar-refractivity contribution >= 4 is 28.9 Å². The van der Waals surface area contributed by atoms with Gasteiger partial charge in [0.15, 0.2) is 5.78 Å². The summed E-state index contributed by atoms with van der Waals surface area (Å²) < 4.78 is 12.7. The van der Waals surface area contributed by atoms with Crippen molar-refractivity contribution in [1.82, 2.24) is 0 Å². The Morgan fingerprint density at radius 3 is 2.56 bits per heavy atom. The van der Waals surface area contributed by atoms with Gasteiger partial charge in [-0.25, -0.2) is 4.39 Å². The average Bonchev–Trinajstić information content (AvgIpc) is 2.86. The Balaban J connectivity index is 1.93. The van der Waals surface area contributed by atoms with Crippen molar-refractivity contribution in [3.05, 3.63) is 52.0 Å². The maximum Gasteiger partial charge on any atom is 0.182 e. The minimum atomic E-state index is -0.253. The largest absolute Gasteiger partial charge is 0.292 e. The van der Waals surface area contributed by atoms with Crippen LogP contribution in [0.1, 0.15) is 21.5 Å². The van der Waals surface area contributed by atoms with Crippen molar-refractivity contribution in [2.45, 2.75) is 18.2 Å². The maximum absolute atomic E-state index is 12.7. The number of hydrogen-bond acceptors (Lipinski definition) is 3. The Bertz CT molecular complexity index is 531. The molecular formula is C14H13FOS2. The summed E-state index contributed by atoms with van der Waals surface area (Å²) in [5.74, 6) is 0.278. The number of Topliss-reactive ketones (excluding diaryl/α,β-unsaturated/α-hetero) is 1. The predicted octanol–water partition coefficient (Wildman–Crippen LogP) is 4.42. The number of carbonyl (C=O) groups is 1. The first-order valence-electron chi connectivity index (χ1n) is 5.69. The third-order valence-corrected chi connectivity index (χ3v) is 4.75. The topological polar surface area (TPSA) is 17.1 Å². The van der Waals surface area contributed by atoms with Crippen LogP contribution in [0.15, 0.2) is 41.3 Å². The zero-order valence-electron chi connectivity index (χ0n) is 9.98. The Kier molecular flexibility index (Phi) is 4.55. The SMILES string of the molecule is CCc1ccc(C(=O)CSc2ccc(F)cc2)s1. The van der Waals surface area contributed by atoms with Crippen LogP contribution in [0.25, 0.3) is 0 Å². The molecule has 0 radical (unpaired) electrons. The molecule has 1 aromatic carbocycles. The van der Waals surface area contributed by atoms with Crippen LogP contribution in [0, 0.1) is 5.82 Å². The van der Waals surface area contributed by atoms with Gasteiger partial charge in [-0.15, -0.1) is 23.1 Å². The molecule has 0 atom stereocenters. The fourth-order valence-corrected chi connectivity index (χ4v) is 3.23. The van der Waals surface area contributed by atoms with Gasteiger partial charge >= 0.3 is 0 Å². The summed E-state index contributed by atoms with van der Waals surface area (Å²) in [4.78, 5) is 14.9. The van der Waals surface area contributed by atoms with E-state index in [4.69, 9.17) is 0 Å². The van der Waals surface area contributed by atoms with Gasteiger partial charge in [-0.2, -0.15) is 0 Å². The highest BCUT2D eigenvalue weighted by molar-refractivity contribution is 8.00. The highest BCUT2D eigenvalue weighted by atomic mass is 32.2. The van der Waals surface area contributed by atoms with Crippen molar-refractivity contribution in [1.29, 1.82) is 0 Å². The van der Waals surface area contributed by atoms with E-state index in [0.717, 1.165) is 16.2 Å². The molecular weight excluding hydrogens is 267 g/mol. The first-order chi connectivity index (χ1) is 8.69. The highest BCUT2D eigenvalue weighted by Gasteiger charge is 2.09. The monoisotopic (exact) mass is 280 g/mol. The molecule has 1 nitrogen and oxygen atoms in total. The number of benzene rings is 1. The molecule has 0 spiro atoms. The molecule has 94 valence electrons. The van der Waals surface area contributed by atoms with Crippen molar-refractivity contribution in [2.24, 2.45) is 0 Å². The first-order valence-corrected chi connectivity index (χ1v) is 7.49. The Labute approximate surface area is 114 Å². The summed E-state index contributed by atoms with van der Waals surface area (Å²) in [6.45, 7) is 2.08. The van der Waals surface area contributed by atoms with Crippen LogP contribution in [0.4, 0.5) is 4.39 Å². The van der Waals surface area contributed by atoms with Crippen molar-refractivity contribution in [3.8, 4) is 0 Å². The fraction of sp³-hybridized carbons (Fsp3) is 0.214. The summed E-state index contributed by atoms with van der Waals surface area (Å²) in [5, 5.41) is 0. The molecule has 0 amide bonds. The second-order valence-corrected chi connectivity index (χ2v) is 6.00. The molecule has 0 N–H and O–H groups in total. The van der Waals surface area contributed by atoms with Crippen molar-refractivity contribution in [2.75, 3.05) is 5.75 Å². The minimum Gasteiger partial charge on any atom is -0.292 e. The van der Waals surface area contributed by atoms with Gasteiger partial charge in [0, 0.05) is 9.77 Å². The van der Waals surface area contributed by atoms with E-state index in [0.29, 0.717) is 5.75 Å². The molecule has 0 aliphatic carbocycles. The molecule has 0 aliphatic heterocycles. The van der Waals surface area contributed by atoms with Crippen LogP contribution >= 0.6 is 23.1 Å². The van der Waals surface area contributed by atoms with Gasteiger partial charge in [0.05, 0.1) is 10.6 Å². The number of thiophene rings is 1. The van der Waals surface area contributed by atoms with Crippen LogP contribution in [-0.2, 0) is 6.42 Å². The molecule has 4 heteroatoms. The number of aryl methyl sites for hydroxylation is 1. The average molecular weight is 280 g/mol. The first kappa shape index (κ1) is 13.3. The van der Waals surface area contributed by atoms with Gasteiger partial charge in [-0.05, 0) is 42.8 Å². The summed E-state index contributed by atoms with van der Waals surface area (Å²) in [5.41, 5.74) is 0. The lowest BCUT2D eigenvalue weighted by molar-refractivity contribution is 0.102. The molecule has 1 heterocycles. The molecule has 0 fully saturated rings. The molecule has 1 aromatic heterocycles. The Morgan fingerprint density at radius 1 is 1.22 bits per heavy atom. The molecule has 2 aromatic rings. The second kappa shape index (κ2) is 6.16. The number of rotatable bonds is 5. The zero-order chi connectivity index (χ0) is 13.0. The Hall–Kier alpha value is -1.13. The summed E-state index contributed by atoms with van der Waals surface area (Å²) >= 11 is 3.00. The van der Waals surface area contributed by atoms with Gasteiger partial charge in [0.2, 0.25) is 0 Å². The molecule has 0 bridgehead atoms. The van der Waals surface area contributed by atoms with Gasteiger partial charge < -0.3 is 0 Å². The van der Waals surface area contributed by atoms with E-state index < -0.39 is 0 Å². The molecule has 0 saturated heterocycles. The van der Waals surface area contributed by atoms with Gasteiger partial charge in [0.1, 0.15) is 5.82 Å². The molecule has 2 rings (SSSR count). The number of thioether (sulfide) groups is 1. The quantitative estimate of drug-likeness (QED) is 0.595. The standard InChI is InChI=1S/C14H13FOS2/c1-2-11-7-8-14(18-11)13(16)9-17-12-5-3-10(15)4-6-12/h3-8H,2,9H2,1H3. The lowest BCUT2D eigenvalue weighted by Gasteiger charge is -1.99. The van der Waals surface area contributed by atoms with Crippen molar-refractivity contribution < 1.29 is 9.18 Å². The summed E-state index contributed by atoms with van der Waals surface area (Å²) in [7, 11) is 0. The second-order valence-electron chi connectivity index (χ2n) is 3.79. The molecule has 0 aliphatic rings. The van der Waals surface area contributed by atoms with E-state index in [9.17, 15) is 9.18 Å². The maximum atomic E-state index is 12.7. The van der Waals surface area contributed by atoms with Crippen LogP contribution in [-0.4, -0.2) is 11.5 Å². The number of hydrogen-bond donors (Lipinski definition) is 0. The molecule has 0 unspecified atom stereocenters. The highest BCUT2D eigenvalue weighted by Crippen LogP contribution is 2.23. The summed E-state index contributed by atoms with van der Waals surface area (Å²) in [6, 6.07) is 10.1. The number of halogens is 1. The normalized spacial score (nSPS) is 10.6.